The molecule has 0 saturated heterocycles. The van der Waals surface area contributed by atoms with Gasteiger partial charge in [-0.05, 0) is 43.2 Å². The van der Waals surface area contributed by atoms with Crippen molar-refractivity contribution in [3.63, 3.8) is 0 Å². The maximum absolute atomic E-state index is 12.4. The van der Waals surface area contributed by atoms with Gasteiger partial charge in [0.15, 0.2) is 5.76 Å². The first-order chi connectivity index (χ1) is 14.9. The predicted molar refractivity (Wildman–Crippen MR) is 112 cm³/mol. The Labute approximate surface area is 175 Å². The quantitative estimate of drug-likeness (QED) is 0.455. The van der Waals surface area contributed by atoms with Gasteiger partial charge in [0.1, 0.15) is 6.04 Å². The lowest BCUT2D eigenvalue weighted by molar-refractivity contribution is 0.0885. The van der Waals surface area contributed by atoms with Gasteiger partial charge < -0.3 is 23.8 Å². The van der Waals surface area contributed by atoms with E-state index in [0.29, 0.717) is 29.0 Å². The molecule has 4 aromatic rings. The van der Waals surface area contributed by atoms with Crippen LogP contribution >= 0.6 is 0 Å². The van der Waals surface area contributed by atoms with E-state index in [1.54, 1.807) is 37.3 Å². The van der Waals surface area contributed by atoms with Gasteiger partial charge in [0.25, 0.3) is 5.91 Å². The maximum Gasteiger partial charge on any atom is 0.316 e. The number of hydrogen-bond acceptors (Lipinski definition) is 7. The van der Waals surface area contributed by atoms with Crippen LogP contribution in [0.15, 0.2) is 55.1 Å². The number of H-pyrrole nitrogens is 1. The zero-order valence-electron chi connectivity index (χ0n) is 17.2. The van der Waals surface area contributed by atoms with Crippen molar-refractivity contribution in [3.05, 3.63) is 69.0 Å². The number of nitrogens with zero attached hydrogens (tertiary/aromatic N) is 3. The lowest BCUT2D eigenvalue weighted by atomic mass is 10.0. The van der Waals surface area contributed by atoms with Crippen molar-refractivity contribution in [1.82, 2.24) is 25.0 Å². The van der Waals surface area contributed by atoms with Crippen molar-refractivity contribution in [2.75, 3.05) is 0 Å². The van der Waals surface area contributed by atoms with E-state index in [9.17, 15) is 14.4 Å². The van der Waals surface area contributed by atoms with Crippen molar-refractivity contribution in [2.24, 2.45) is 5.92 Å². The third-order valence-corrected chi connectivity index (χ3v) is 4.96. The lowest BCUT2D eigenvalue weighted by Gasteiger charge is -2.17. The number of nitrogens with one attached hydrogen (secondary N) is 2. The van der Waals surface area contributed by atoms with E-state index in [1.165, 1.54) is 10.8 Å². The Morgan fingerprint density at radius 3 is 2.74 bits per heavy atom. The van der Waals surface area contributed by atoms with Gasteiger partial charge in [0.2, 0.25) is 11.7 Å². The number of carbonyl (C=O) groups is 1. The van der Waals surface area contributed by atoms with E-state index in [0.717, 1.165) is 0 Å². The van der Waals surface area contributed by atoms with Crippen LogP contribution in [0.3, 0.4) is 0 Å². The summed E-state index contributed by atoms with van der Waals surface area (Å²) in [6.45, 7) is 6.00. The molecule has 160 valence electrons. The monoisotopic (exact) mass is 423 g/mol. The number of furan rings is 1. The van der Waals surface area contributed by atoms with Crippen LogP contribution in [-0.2, 0) is 6.54 Å². The molecule has 0 saturated carbocycles. The average molecular weight is 423 g/mol. The van der Waals surface area contributed by atoms with Crippen molar-refractivity contribution < 1.29 is 13.7 Å². The summed E-state index contributed by atoms with van der Waals surface area (Å²) in [5, 5.41) is 6.87. The molecule has 0 fully saturated rings. The highest BCUT2D eigenvalue weighted by atomic mass is 16.5. The second kappa shape index (κ2) is 8.05. The summed E-state index contributed by atoms with van der Waals surface area (Å²) in [5.74, 6) is 0.316. The Balaban J connectivity index is 1.67. The van der Waals surface area contributed by atoms with Crippen molar-refractivity contribution >= 4 is 16.9 Å². The van der Waals surface area contributed by atoms with Gasteiger partial charge in [-0.2, -0.15) is 4.98 Å². The summed E-state index contributed by atoms with van der Waals surface area (Å²) in [6, 6.07) is 7.82. The predicted octanol–water partition coefficient (Wildman–Crippen LogP) is 2.48. The van der Waals surface area contributed by atoms with Crippen LogP contribution in [0, 0.1) is 5.92 Å². The van der Waals surface area contributed by atoms with Gasteiger partial charge in [0, 0.05) is 12.1 Å². The molecule has 10 nitrogen and oxygen atoms in total. The molecule has 0 spiro atoms. The first-order valence-corrected chi connectivity index (χ1v) is 9.84. The number of aryl methyl sites for hydroxylation is 1. The number of fused-ring (bicyclic) bond motifs is 1. The SMILES string of the molecule is CCn1c(=O)c(=O)[nH]c2cc(-c3noc([C@@H](NC(=O)c4ccco4)C(C)C)n3)ccc21. The molecule has 10 heteroatoms. The Hall–Kier alpha value is -3.95. The minimum atomic E-state index is -0.694. The number of amides is 1. The number of aromatic nitrogens is 4. The molecule has 0 unspecified atom stereocenters. The number of carbonyl (C=O) groups excluding carboxylic acids is 1. The summed E-state index contributed by atoms with van der Waals surface area (Å²) in [6.07, 6.45) is 1.42. The zero-order valence-corrected chi connectivity index (χ0v) is 17.2. The molecule has 3 heterocycles. The second-order valence-electron chi connectivity index (χ2n) is 7.36. The van der Waals surface area contributed by atoms with Crippen molar-refractivity contribution in [1.29, 1.82) is 0 Å². The second-order valence-corrected chi connectivity index (χ2v) is 7.36. The van der Waals surface area contributed by atoms with E-state index in [2.05, 4.69) is 20.4 Å². The number of aromatic amines is 1. The fourth-order valence-electron chi connectivity index (χ4n) is 3.34. The van der Waals surface area contributed by atoms with Gasteiger partial charge in [-0.15, -0.1) is 0 Å². The summed E-state index contributed by atoms with van der Waals surface area (Å²) in [7, 11) is 0. The molecule has 1 atom stereocenters. The van der Waals surface area contributed by atoms with E-state index < -0.39 is 17.2 Å². The molecule has 0 aliphatic carbocycles. The number of benzene rings is 1. The molecule has 1 amide bonds. The van der Waals surface area contributed by atoms with Gasteiger partial charge in [-0.1, -0.05) is 19.0 Å². The van der Waals surface area contributed by atoms with E-state index in [4.69, 9.17) is 8.94 Å². The summed E-state index contributed by atoms with van der Waals surface area (Å²) < 4.78 is 12.0. The first kappa shape index (κ1) is 20.3. The van der Waals surface area contributed by atoms with Crippen LogP contribution in [0.4, 0.5) is 0 Å². The fraction of sp³-hybridized carbons (Fsp3) is 0.286. The van der Waals surface area contributed by atoms with Gasteiger partial charge in [0.05, 0.1) is 17.3 Å². The van der Waals surface area contributed by atoms with Gasteiger partial charge in [-0.25, -0.2) is 0 Å². The molecule has 0 bridgehead atoms. The van der Waals surface area contributed by atoms with Crippen LogP contribution in [0.2, 0.25) is 0 Å². The van der Waals surface area contributed by atoms with Crippen molar-refractivity contribution in [3.8, 4) is 11.4 Å². The van der Waals surface area contributed by atoms with Crippen LogP contribution in [-0.4, -0.2) is 25.6 Å². The molecule has 0 aliphatic rings. The van der Waals surface area contributed by atoms with Crippen LogP contribution < -0.4 is 16.4 Å². The molecule has 0 radical (unpaired) electrons. The highest BCUT2D eigenvalue weighted by molar-refractivity contribution is 5.91. The molecule has 4 rings (SSSR count). The topological polar surface area (TPSA) is 136 Å². The highest BCUT2D eigenvalue weighted by Crippen LogP contribution is 2.25. The third kappa shape index (κ3) is 3.79. The van der Waals surface area contributed by atoms with E-state index in [1.807, 2.05) is 13.8 Å². The Morgan fingerprint density at radius 2 is 2.06 bits per heavy atom. The van der Waals surface area contributed by atoms with E-state index in [-0.39, 0.29) is 23.5 Å². The van der Waals surface area contributed by atoms with Crippen molar-refractivity contribution in [2.45, 2.75) is 33.4 Å². The van der Waals surface area contributed by atoms with Crippen LogP contribution in [0.1, 0.15) is 43.3 Å². The van der Waals surface area contributed by atoms with E-state index >= 15 is 0 Å². The first-order valence-electron chi connectivity index (χ1n) is 9.84. The Kier molecular flexibility index (Phi) is 5.28. The normalized spacial score (nSPS) is 12.4. The number of hydrogen-bond donors (Lipinski definition) is 2. The molecular formula is C21H21N5O5. The molecule has 31 heavy (non-hydrogen) atoms. The summed E-state index contributed by atoms with van der Waals surface area (Å²) in [4.78, 5) is 43.4. The highest BCUT2D eigenvalue weighted by Gasteiger charge is 2.26. The molecule has 0 aliphatic heterocycles. The van der Waals surface area contributed by atoms with Gasteiger partial charge >= 0.3 is 11.1 Å². The minimum Gasteiger partial charge on any atom is -0.459 e. The molecular weight excluding hydrogens is 402 g/mol. The van der Waals surface area contributed by atoms with Gasteiger partial charge in [-0.3, -0.25) is 14.4 Å². The van der Waals surface area contributed by atoms with Crippen LogP contribution in [0.25, 0.3) is 22.4 Å². The fourth-order valence-corrected chi connectivity index (χ4v) is 3.34. The molecule has 1 aromatic carbocycles. The molecule has 3 aromatic heterocycles. The summed E-state index contributed by atoms with van der Waals surface area (Å²) in [5.41, 5.74) is 0.393. The number of rotatable bonds is 6. The standard InChI is InChI=1S/C21H21N5O5/c1-4-26-14-8-7-12(10-13(14)22-19(28)21(26)29)17-24-20(31-25-17)16(11(2)3)23-18(27)15-6-5-9-30-15/h5-11,16H,4H2,1-3H3,(H,22,28)(H,23,27)/t16-/m0/s1. The Morgan fingerprint density at radius 1 is 1.26 bits per heavy atom. The Bertz CT molecular complexity index is 1350. The maximum atomic E-state index is 12.4. The average Bonchev–Trinajstić information content (AvgIpc) is 3.45. The third-order valence-electron chi connectivity index (χ3n) is 4.96. The lowest BCUT2D eigenvalue weighted by Crippen LogP contribution is -2.35. The zero-order chi connectivity index (χ0) is 22.1. The molecule has 2 N–H and O–H groups in total. The minimum absolute atomic E-state index is 0.0286. The smallest absolute Gasteiger partial charge is 0.316 e. The van der Waals surface area contributed by atoms with Crippen LogP contribution in [0.5, 0.6) is 0 Å². The largest absolute Gasteiger partial charge is 0.459 e. The summed E-state index contributed by atoms with van der Waals surface area (Å²) >= 11 is 0.